The van der Waals surface area contributed by atoms with Crippen molar-refractivity contribution < 1.29 is 23.9 Å². The van der Waals surface area contributed by atoms with Crippen LogP contribution in [-0.2, 0) is 19.1 Å². The third kappa shape index (κ3) is 5.92. The summed E-state index contributed by atoms with van der Waals surface area (Å²) in [4.78, 5) is 39.2. The Balaban J connectivity index is 1.84. The van der Waals surface area contributed by atoms with Crippen LogP contribution in [0.2, 0.25) is 0 Å². The summed E-state index contributed by atoms with van der Waals surface area (Å²) in [7, 11) is 0. The maximum absolute atomic E-state index is 13.4. The molecule has 0 aromatic heterocycles. The highest BCUT2D eigenvalue weighted by atomic mass is 16.7. The number of benzene rings is 2. The average molecular weight is 467 g/mol. The number of anilines is 2. The molecule has 1 atom stereocenters. The summed E-state index contributed by atoms with van der Waals surface area (Å²) in [5.41, 5.74) is 7.20. The van der Waals surface area contributed by atoms with E-state index >= 15 is 0 Å². The molecule has 1 saturated heterocycles. The van der Waals surface area contributed by atoms with Crippen molar-refractivity contribution in [3.05, 3.63) is 54.1 Å². The molecule has 1 aliphatic rings. The van der Waals surface area contributed by atoms with Gasteiger partial charge in [-0.1, -0.05) is 19.1 Å². The van der Waals surface area contributed by atoms with Gasteiger partial charge in [-0.25, -0.2) is 0 Å². The summed E-state index contributed by atoms with van der Waals surface area (Å²) in [6.45, 7) is 3.71. The predicted octanol–water partition coefficient (Wildman–Crippen LogP) is 3.56. The quantitative estimate of drug-likeness (QED) is 0.224. The molecular formula is C25H30N4O5. The van der Waals surface area contributed by atoms with Crippen LogP contribution in [-0.4, -0.2) is 36.0 Å². The van der Waals surface area contributed by atoms with E-state index in [9.17, 15) is 14.4 Å². The van der Waals surface area contributed by atoms with E-state index in [0.717, 1.165) is 18.5 Å². The molecule has 1 unspecified atom stereocenters. The van der Waals surface area contributed by atoms with Crippen molar-refractivity contribution in [2.75, 3.05) is 16.8 Å². The van der Waals surface area contributed by atoms with Crippen LogP contribution in [0.4, 0.5) is 11.4 Å². The molecule has 0 spiro atoms. The second-order valence-corrected chi connectivity index (χ2v) is 8.14. The standard InChI is InChI=1S/C25H30N4O5/c1-3-14-25(33-17(2)30,34-21-8-6-7-18(16-21)23(26)27)24(32)28-19-10-12-20(13-11-19)29-15-5-4-9-22(29)31/h6-8,10-13,16H,3-5,9,14-15H2,1-2H3,(H3,26,27)(H,28,32). The van der Waals surface area contributed by atoms with Gasteiger partial charge in [0.25, 0.3) is 0 Å². The number of carbonyl (C=O) groups is 3. The molecule has 9 heteroatoms. The van der Waals surface area contributed by atoms with Gasteiger partial charge < -0.3 is 25.4 Å². The number of amides is 2. The number of piperidine rings is 1. The van der Waals surface area contributed by atoms with Crippen molar-refractivity contribution in [2.24, 2.45) is 5.73 Å². The van der Waals surface area contributed by atoms with Crippen molar-refractivity contribution in [2.45, 2.75) is 51.7 Å². The van der Waals surface area contributed by atoms with E-state index in [1.54, 1.807) is 47.4 Å². The van der Waals surface area contributed by atoms with Crippen molar-refractivity contribution in [1.82, 2.24) is 0 Å². The fraction of sp³-hybridized carbons (Fsp3) is 0.360. The summed E-state index contributed by atoms with van der Waals surface area (Å²) in [6.07, 6.45) is 2.97. The summed E-state index contributed by atoms with van der Waals surface area (Å²) in [5.74, 6) is -3.09. The molecule has 2 aromatic carbocycles. The number of nitrogens with one attached hydrogen (secondary N) is 2. The Hall–Kier alpha value is -3.88. The normalized spacial score (nSPS) is 15.2. The third-order valence-corrected chi connectivity index (χ3v) is 5.42. The van der Waals surface area contributed by atoms with Crippen LogP contribution in [0.15, 0.2) is 48.5 Å². The number of nitrogens with zero attached hydrogens (tertiary/aromatic N) is 1. The van der Waals surface area contributed by atoms with Crippen LogP contribution in [0.1, 0.15) is 51.5 Å². The van der Waals surface area contributed by atoms with Crippen molar-refractivity contribution in [3.63, 3.8) is 0 Å². The summed E-state index contributed by atoms with van der Waals surface area (Å²) in [5, 5.41) is 10.4. The Labute approximate surface area is 198 Å². The molecule has 0 radical (unpaired) electrons. The van der Waals surface area contributed by atoms with E-state index in [-0.39, 0.29) is 23.9 Å². The van der Waals surface area contributed by atoms with Crippen LogP contribution in [0.3, 0.4) is 0 Å². The zero-order valence-corrected chi connectivity index (χ0v) is 19.4. The Morgan fingerprint density at radius 3 is 2.53 bits per heavy atom. The van der Waals surface area contributed by atoms with Gasteiger partial charge in [0.2, 0.25) is 5.91 Å². The van der Waals surface area contributed by atoms with E-state index in [0.29, 0.717) is 30.6 Å². The minimum Gasteiger partial charge on any atom is -0.444 e. The highest BCUT2D eigenvalue weighted by Crippen LogP contribution is 2.28. The van der Waals surface area contributed by atoms with Crippen molar-refractivity contribution in [3.8, 4) is 5.75 Å². The minimum absolute atomic E-state index is 0.0843. The van der Waals surface area contributed by atoms with Gasteiger partial charge in [-0.3, -0.25) is 19.8 Å². The topological polar surface area (TPSA) is 135 Å². The van der Waals surface area contributed by atoms with Crippen molar-refractivity contribution in [1.29, 1.82) is 5.41 Å². The second kappa shape index (κ2) is 10.8. The third-order valence-electron chi connectivity index (χ3n) is 5.42. The number of esters is 1. The lowest BCUT2D eigenvalue weighted by molar-refractivity contribution is -0.200. The zero-order valence-electron chi connectivity index (χ0n) is 19.4. The first-order valence-electron chi connectivity index (χ1n) is 11.3. The van der Waals surface area contributed by atoms with Gasteiger partial charge >= 0.3 is 17.7 Å². The zero-order chi connectivity index (χ0) is 24.7. The lowest BCUT2D eigenvalue weighted by Gasteiger charge is -2.32. The predicted molar refractivity (Wildman–Crippen MR) is 129 cm³/mol. The number of amidine groups is 1. The molecule has 0 aliphatic carbocycles. The molecule has 1 fully saturated rings. The molecule has 1 aliphatic heterocycles. The maximum atomic E-state index is 13.4. The number of nitrogen functional groups attached to an aromatic ring is 1. The van der Waals surface area contributed by atoms with E-state index in [1.807, 2.05) is 6.92 Å². The van der Waals surface area contributed by atoms with Gasteiger partial charge in [0.1, 0.15) is 11.6 Å². The number of hydrogen-bond acceptors (Lipinski definition) is 6. The SMILES string of the molecule is CCCC(OC(C)=O)(Oc1cccc(C(=N)N)c1)C(=O)Nc1ccc(N2CCCCC2=O)cc1. The van der Waals surface area contributed by atoms with E-state index < -0.39 is 17.7 Å². The van der Waals surface area contributed by atoms with Gasteiger partial charge in [-0.05, 0) is 55.7 Å². The molecule has 0 saturated carbocycles. The molecular weight excluding hydrogens is 436 g/mol. The van der Waals surface area contributed by atoms with E-state index in [2.05, 4.69) is 5.32 Å². The molecule has 3 rings (SSSR count). The molecule has 9 nitrogen and oxygen atoms in total. The number of nitrogens with two attached hydrogens (primary N) is 1. The van der Waals surface area contributed by atoms with Crippen LogP contribution >= 0.6 is 0 Å². The van der Waals surface area contributed by atoms with Crippen LogP contribution in [0.5, 0.6) is 5.75 Å². The molecule has 2 amide bonds. The average Bonchev–Trinajstić information content (AvgIpc) is 2.80. The van der Waals surface area contributed by atoms with Crippen molar-refractivity contribution >= 4 is 35.0 Å². The molecule has 1 heterocycles. The minimum atomic E-state index is -1.92. The van der Waals surface area contributed by atoms with Crippen LogP contribution < -0.4 is 20.7 Å². The van der Waals surface area contributed by atoms with Gasteiger partial charge in [-0.15, -0.1) is 0 Å². The van der Waals surface area contributed by atoms with Gasteiger partial charge in [-0.2, -0.15) is 0 Å². The largest absolute Gasteiger partial charge is 0.444 e. The summed E-state index contributed by atoms with van der Waals surface area (Å²) < 4.78 is 11.4. The second-order valence-electron chi connectivity index (χ2n) is 8.14. The Morgan fingerprint density at radius 1 is 1.18 bits per heavy atom. The van der Waals surface area contributed by atoms with Gasteiger partial charge in [0, 0.05) is 43.2 Å². The molecule has 4 N–H and O–H groups in total. The van der Waals surface area contributed by atoms with E-state index in [1.165, 1.54) is 13.0 Å². The number of carbonyl (C=O) groups excluding carboxylic acids is 3. The first kappa shape index (κ1) is 24.8. The molecule has 180 valence electrons. The van der Waals surface area contributed by atoms with Crippen LogP contribution in [0.25, 0.3) is 0 Å². The number of ether oxygens (including phenoxy) is 2. The lowest BCUT2D eigenvalue weighted by atomic mass is 10.1. The number of rotatable bonds is 9. The highest BCUT2D eigenvalue weighted by Gasteiger charge is 2.44. The fourth-order valence-corrected chi connectivity index (χ4v) is 3.84. The summed E-state index contributed by atoms with van der Waals surface area (Å²) in [6, 6.07) is 13.3. The Kier molecular flexibility index (Phi) is 7.88. The fourth-order valence-electron chi connectivity index (χ4n) is 3.84. The summed E-state index contributed by atoms with van der Waals surface area (Å²) >= 11 is 0. The van der Waals surface area contributed by atoms with Gasteiger partial charge in [0.15, 0.2) is 0 Å². The molecule has 2 aromatic rings. The smallest absolute Gasteiger partial charge is 0.334 e. The number of hydrogen-bond donors (Lipinski definition) is 3. The Morgan fingerprint density at radius 2 is 1.91 bits per heavy atom. The first-order chi connectivity index (χ1) is 16.2. The molecule has 34 heavy (non-hydrogen) atoms. The van der Waals surface area contributed by atoms with Gasteiger partial charge in [0.05, 0.1) is 0 Å². The van der Waals surface area contributed by atoms with Crippen LogP contribution in [0, 0.1) is 5.41 Å². The Bertz CT molecular complexity index is 1070. The highest BCUT2D eigenvalue weighted by molar-refractivity contribution is 5.99. The monoisotopic (exact) mass is 466 g/mol. The lowest BCUT2D eigenvalue weighted by Crippen LogP contribution is -2.51. The maximum Gasteiger partial charge on any atom is 0.334 e. The molecule has 0 bridgehead atoms. The first-order valence-corrected chi connectivity index (χ1v) is 11.3. The van der Waals surface area contributed by atoms with E-state index in [4.69, 9.17) is 20.6 Å².